The summed E-state index contributed by atoms with van der Waals surface area (Å²) in [4.78, 5) is 19.8. The van der Waals surface area contributed by atoms with Crippen molar-refractivity contribution < 1.29 is 13.5 Å². The summed E-state index contributed by atoms with van der Waals surface area (Å²) in [5.74, 6) is 0.334. The van der Waals surface area contributed by atoms with Gasteiger partial charge >= 0.3 is 0 Å². The molecule has 0 amide bonds. The minimum absolute atomic E-state index is 0.0394. The number of fused-ring (bicyclic) bond motifs is 3. The molecule has 1 aliphatic heterocycles. The summed E-state index contributed by atoms with van der Waals surface area (Å²) in [6, 6.07) is 0. The molecule has 4 rings (SSSR count). The second-order valence-electron chi connectivity index (χ2n) is 7.28. The molecular formula is C17H22N2O4S3. The van der Waals surface area contributed by atoms with Crippen molar-refractivity contribution in [1.29, 1.82) is 0 Å². The van der Waals surface area contributed by atoms with E-state index in [0.717, 1.165) is 35.0 Å². The molecule has 26 heavy (non-hydrogen) atoms. The molecule has 0 unspecified atom stereocenters. The number of aliphatic hydroxyl groups excluding tert-OH is 1. The van der Waals surface area contributed by atoms with Crippen LogP contribution < -0.4 is 5.56 Å². The van der Waals surface area contributed by atoms with E-state index >= 15 is 0 Å². The van der Waals surface area contributed by atoms with Crippen LogP contribution in [0, 0.1) is 5.92 Å². The smallest absolute Gasteiger partial charge is 0.263 e. The largest absolute Gasteiger partial charge is 0.391 e. The predicted molar refractivity (Wildman–Crippen MR) is 105 cm³/mol. The van der Waals surface area contributed by atoms with Crippen LogP contribution in [0.15, 0.2) is 9.95 Å². The number of rotatable bonds is 3. The van der Waals surface area contributed by atoms with Gasteiger partial charge in [0, 0.05) is 11.4 Å². The van der Waals surface area contributed by atoms with Crippen LogP contribution in [0.2, 0.25) is 0 Å². The van der Waals surface area contributed by atoms with Gasteiger partial charge in [0.1, 0.15) is 4.83 Å². The molecule has 1 aliphatic carbocycles. The van der Waals surface area contributed by atoms with Gasteiger partial charge in [0.25, 0.3) is 5.56 Å². The second kappa shape index (κ2) is 6.61. The number of hydrogen-bond acceptors (Lipinski definition) is 7. The Kier molecular flexibility index (Phi) is 4.70. The lowest BCUT2D eigenvalue weighted by Crippen LogP contribution is -2.26. The highest BCUT2D eigenvalue weighted by Gasteiger charge is 2.38. The molecular weight excluding hydrogens is 392 g/mol. The van der Waals surface area contributed by atoms with Gasteiger partial charge in [-0.3, -0.25) is 9.36 Å². The molecule has 1 N–H and O–H groups in total. The van der Waals surface area contributed by atoms with Crippen molar-refractivity contribution in [3.05, 3.63) is 20.8 Å². The number of nitrogens with zero attached hydrogens (tertiary/aromatic N) is 2. The molecule has 142 valence electrons. The van der Waals surface area contributed by atoms with Crippen LogP contribution in [0.1, 0.15) is 30.7 Å². The number of aryl methyl sites for hydroxylation is 1. The lowest BCUT2D eigenvalue weighted by atomic mass is 9.89. The summed E-state index contributed by atoms with van der Waals surface area (Å²) in [5.41, 5.74) is 1.12. The van der Waals surface area contributed by atoms with Crippen LogP contribution in [0.5, 0.6) is 0 Å². The van der Waals surface area contributed by atoms with Crippen LogP contribution in [-0.2, 0) is 29.2 Å². The Morgan fingerprint density at radius 2 is 2.15 bits per heavy atom. The van der Waals surface area contributed by atoms with Crippen molar-refractivity contribution in [3.63, 3.8) is 0 Å². The molecule has 9 heteroatoms. The third kappa shape index (κ3) is 3.12. The molecule has 0 spiro atoms. The first-order valence-electron chi connectivity index (χ1n) is 8.89. The van der Waals surface area contributed by atoms with Crippen molar-refractivity contribution in [2.75, 3.05) is 11.5 Å². The van der Waals surface area contributed by atoms with Gasteiger partial charge in [0.05, 0.1) is 28.2 Å². The van der Waals surface area contributed by atoms with Gasteiger partial charge in [-0.1, -0.05) is 18.7 Å². The molecule has 3 atom stereocenters. The van der Waals surface area contributed by atoms with Crippen molar-refractivity contribution >= 4 is 43.2 Å². The number of thioether (sulfide) groups is 1. The monoisotopic (exact) mass is 414 g/mol. The van der Waals surface area contributed by atoms with Gasteiger partial charge in [0.15, 0.2) is 15.0 Å². The average Bonchev–Trinajstić information content (AvgIpc) is 3.03. The van der Waals surface area contributed by atoms with Crippen molar-refractivity contribution in [2.24, 2.45) is 5.92 Å². The molecule has 1 fully saturated rings. The fraction of sp³-hybridized carbons (Fsp3) is 0.647. The standard InChI is InChI=1S/C17H22N2O4S3/c1-3-19-16(21)14-10-5-4-9(2)6-12(10)24-15(14)18-17(19)25-13-8-26(22,23)7-11(13)20/h9,11,13,20H,3-8H2,1-2H3/t9-,11-,13-/m1/s1. The lowest BCUT2D eigenvalue weighted by Gasteiger charge is -2.18. The van der Waals surface area contributed by atoms with Crippen LogP contribution in [-0.4, -0.2) is 45.9 Å². The average molecular weight is 415 g/mol. The maximum absolute atomic E-state index is 13.1. The molecule has 0 bridgehead atoms. The summed E-state index contributed by atoms with van der Waals surface area (Å²) in [5, 5.41) is 10.9. The Hall–Kier alpha value is -0.900. The Balaban J connectivity index is 1.80. The van der Waals surface area contributed by atoms with Crippen molar-refractivity contribution in [1.82, 2.24) is 9.55 Å². The summed E-state index contributed by atoms with van der Waals surface area (Å²) in [7, 11) is -3.23. The first-order valence-corrected chi connectivity index (χ1v) is 12.4. The lowest BCUT2D eigenvalue weighted by molar-refractivity contribution is 0.207. The van der Waals surface area contributed by atoms with Gasteiger partial charge in [0.2, 0.25) is 0 Å². The third-order valence-electron chi connectivity index (χ3n) is 5.23. The molecule has 3 heterocycles. The summed E-state index contributed by atoms with van der Waals surface area (Å²) in [6.45, 7) is 4.59. The summed E-state index contributed by atoms with van der Waals surface area (Å²) < 4.78 is 25.2. The van der Waals surface area contributed by atoms with Gasteiger partial charge in [-0.25, -0.2) is 13.4 Å². The Morgan fingerprint density at radius 3 is 2.81 bits per heavy atom. The van der Waals surface area contributed by atoms with E-state index in [9.17, 15) is 18.3 Å². The minimum atomic E-state index is -3.23. The van der Waals surface area contributed by atoms with Crippen molar-refractivity contribution in [3.8, 4) is 0 Å². The van der Waals surface area contributed by atoms with Crippen molar-refractivity contribution in [2.45, 2.75) is 56.2 Å². The first-order chi connectivity index (χ1) is 12.3. The van der Waals surface area contributed by atoms with E-state index in [2.05, 4.69) is 6.92 Å². The number of aliphatic hydroxyl groups is 1. The van der Waals surface area contributed by atoms with Crippen LogP contribution in [0.3, 0.4) is 0 Å². The third-order valence-corrected chi connectivity index (χ3v) is 9.61. The normalized spacial score (nSPS) is 27.7. The van der Waals surface area contributed by atoms with E-state index in [1.165, 1.54) is 16.6 Å². The molecule has 1 saturated heterocycles. The van der Waals surface area contributed by atoms with Gasteiger partial charge in [-0.15, -0.1) is 11.3 Å². The van der Waals surface area contributed by atoms with E-state index < -0.39 is 21.2 Å². The highest BCUT2D eigenvalue weighted by atomic mass is 32.2. The molecule has 0 aromatic carbocycles. The second-order valence-corrected chi connectivity index (χ2v) is 11.7. The molecule has 2 aliphatic rings. The first kappa shape index (κ1) is 18.5. The maximum Gasteiger partial charge on any atom is 0.263 e. The number of sulfone groups is 1. The zero-order valence-corrected chi connectivity index (χ0v) is 17.2. The predicted octanol–water partition coefficient (Wildman–Crippen LogP) is 1.85. The Morgan fingerprint density at radius 1 is 1.38 bits per heavy atom. The van der Waals surface area contributed by atoms with E-state index in [1.54, 1.807) is 15.9 Å². The van der Waals surface area contributed by atoms with Crippen LogP contribution in [0.25, 0.3) is 10.2 Å². The molecule has 0 radical (unpaired) electrons. The van der Waals surface area contributed by atoms with E-state index in [0.29, 0.717) is 17.6 Å². The van der Waals surface area contributed by atoms with Gasteiger partial charge in [-0.2, -0.15) is 0 Å². The number of thiophene rings is 1. The maximum atomic E-state index is 13.1. The zero-order chi connectivity index (χ0) is 18.6. The van der Waals surface area contributed by atoms with Gasteiger partial charge in [-0.05, 0) is 37.7 Å². The Labute approximate surface area is 160 Å². The van der Waals surface area contributed by atoms with E-state index in [-0.39, 0.29) is 17.1 Å². The minimum Gasteiger partial charge on any atom is -0.391 e. The fourth-order valence-electron chi connectivity index (χ4n) is 3.82. The highest BCUT2D eigenvalue weighted by Crippen LogP contribution is 2.37. The van der Waals surface area contributed by atoms with Crippen LogP contribution in [0.4, 0.5) is 0 Å². The zero-order valence-electron chi connectivity index (χ0n) is 14.8. The fourth-order valence-corrected chi connectivity index (χ4v) is 8.88. The quantitative estimate of drug-likeness (QED) is 0.771. The van der Waals surface area contributed by atoms with Crippen LogP contribution >= 0.6 is 23.1 Å². The molecule has 6 nitrogen and oxygen atoms in total. The number of hydrogen-bond donors (Lipinski definition) is 1. The highest BCUT2D eigenvalue weighted by molar-refractivity contribution is 8.01. The van der Waals surface area contributed by atoms with Gasteiger partial charge < -0.3 is 5.11 Å². The van der Waals surface area contributed by atoms with E-state index in [1.807, 2.05) is 6.92 Å². The summed E-state index contributed by atoms with van der Waals surface area (Å²) >= 11 is 2.81. The summed E-state index contributed by atoms with van der Waals surface area (Å²) in [6.07, 6.45) is 2.08. The molecule has 2 aromatic heterocycles. The topological polar surface area (TPSA) is 89.3 Å². The molecule has 0 saturated carbocycles. The SMILES string of the molecule is CCn1c(S[C@@H]2CS(=O)(=O)C[C@H]2O)nc2sc3c(c2c1=O)CC[C@@H](C)C3. The molecule has 2 aromatic rings. The van der Waals surface area contributed by atoms with E-state index in [4.69, 9.17) is 4.98 Å². The number of aromatic nitrogens is 2. The Bertz CT molecular complexity index is 1020.